The van der Waals surface area contributed by atoms with Crippen LogP contribution in [-0.2, 0) is 0 Å². The number of hydrogen-bond acceptors (Lipinski definition) is 3. The zero-order chi connectivity index (χ0) is 13.9. The van der Waals surface area contributed by atoms with E-state index in [4.69, 9.17) is 18.3 Å². The fraction of sp³-hybridized carbons (Fsp3) is 0.500. The summed E-state index contributed by atoms with van der Waals surface area (Å²) < 4.78 is 1.70. The third-order valence-corrected chi connectivity index (χ3v) is 4.25. The van der Waals surface area contributed by atoms with E-state index < -0.39 is 0 Å². The molecule has 1 N–H and O–H groups in total. The van der Waals surface area contributed by atoms with E-state index in [1.54, 1.807) is 16.8 Å². The Morgan fingerprint density at radius 1 is 1.40 bits per heavy atom. The van der Waals surface area contributed by atoms with Crippen LogP contribution in [0.4, 0.5) is 5.69 Å². The minimum atomic E-state index is 0.0510. The third kappa shape index (κ3) is 2.49. The number of hydrogen-bond donors (Lipinski definition) is 1. The summed E-state index contributed by atoms with van der Waals surface area (Å²) >= 11 is 5.95. The molecule has 1 aliphatic rings. The number of imidazole rings is 1. The first-order valence-electron chi connectivity index (χ1n) is 6.91. The van der Waals surface area contributed by atoms with Crippen LogP contribution < -0.4 is 4.84 Å². The maximum atomic E-state index is 7.02. The van der Waals surface area contributed by atoms with Crippen LogP contribution in [0.25, 0.3) is 10.5 Å². The van der Waals surface area contributed by atoms with Gasteiger partial charge in [0.05, 0.1) is 30.7 Å². The first-order valence-corrected chi connectivity index (χ1v) is 7.28. The molecule has 0 unspecified atom stereocenters. The average Bonchev–Trinajstić information content (AvgIpc) is 2.91. The molecule has 0 aliphatic heterocycles. The quantitative estimate of drug-likeness (QED) is 0.693. The Kier molecular flexibility index (Phi) is 3.86. The molecule has 0 spiro atoms. The molecule has 20 heavy (non-hydrogen) atoms. The Labute approximate surface area is 122 Å². The van der Waals surface area contributed by atoms with Gasteiger partial charge < -0.3 is 0 Å². The maximum Gasteiger partial charge on any atom is 0.210 e. The van der Waals surface area contributed by atoms with Crippen LogP contribution in [0.3, 0.4) is 0 Å². The molecule has 2 aromatic heterocycles. The smallest absolute Gasteiger partial charge is 0.210 e. The number of nitrogens with one attached hydrogen (secondary N) is 1. The van der Waals surface area contributed by atoms with Crippen LogP contribution in [0.5, 0.6) is 0 Å². The van der Waals surface area contributed by atoms with Gasteiger partial charge in [-0.2, -0.15) is 5.10 Å². The molecule has 5 nitrogen and oxygen atoms in total. The highest BCUT2D eigenvalue weighted by atomic mass is 35.5. The summed E-state index contributed by atoms with van der Waals surface area (Å²) in [5.41, 5.74) is 2.10. The van der Waals surface area contributed by atoms with Crippen molar-refractivity contribution in [3.8, 4) is 0 Å². The lowest BCUT2D eigenvalue weighted by molar-refractivity contribution is 0.293. The second-order valence-electron chi connectivity index (χ2n) is 5.28. The minimum Gasteiger partial charge on any atom is -0.236 e. The number of rotatable bonds is 3. The Morgan fingerprint density at radius 2 is 2.20 bits per heavy atom. The average molecular weight is 290 g/mol. The normalized spacial score (nSPS) is 18.0. The standard InChI is InChI=1S/C14H16ClN5/c1-16-11-7-13-18-12(9-20(13)17-8-11)14(19-15)10-5-3-2-4-6-10/h7-10,14,19H,2-6H2/t14-/m0/s1. The highest BCUT2D eigenvalue weighted by Gasteiger charge is 2.26. The number of nitrogens with zero attached hydrogens (tertiary/aromatic N) is 4. The zero-order valence-electron chi connectivity index (χ0n) is 11.1. The molecular formula is C14H16ClN5. The fourth-order valence-corrected chi connectivity index (χ4v) is 3.24. The molecule has 0 saturated heterocycles. The second-order valence-corrected chi connectivity index (χ2v) is 5.50. The van der Waals surface area contributed by atoms with Crippen LogP contribution in [0, 0.1) is 12.5 Å². The zero-order valence-corrected chi connectivity index (χ0v) is 11.8. The van der Waals surface area contributed by atoms with Gasteiger partial charge in [-0.15, -0.1) is 0 Å². The van der Waals surface area contributed by atoms with Crippen LogP contribution in [0.15, 0.2) is 18.5 Å². The molecule has 1 atom stereocenters. The van der Waals surface area contributed by atoms with Crippen molar-refractivity contribution in [2.24, 2.45) is 5.92 Å². The molecule has 1 saturated carbocycles. The first kappa shape index (κ1) is 13.3. The van der Waals surface area contributed by atoms with Crippen molar-refractivity contribution >= 4 is 23.1 Å². The van der Waals surface area contributed by atoms with Gasteiger partial charge >= 0.3 is 0 Å². The van der Waals surface area contributed by atoms with Crippen molar-refractivity contribution in [3.63, 3.8) is 0 Å². The summed E-state index contributed by atoms with van der Waals surface area (Å²) in [7, 11) is 0. The Balaban J connectivity index is 1.93. The predicted molar refractivity (Wildman–Crippen MR) is 77.6 cm³/mol. The summed E-state index contributed by atoms with van der Waals surface area (Å²) in [6.45, 7) is 7.02. The Hall–Kier alpha value is -1.64. The molecule has 6 heteroatoms. The van der Waals surface area contributed by atoms with Crippen LogP contribution in [0.2, 0.25) is 0 Å². The van der Waals surface area contributed by atoms with E-state index in [-0.39, 0.29) is 6.04 Å². The summed E-state index contributed by atoms with van der Waals surface area (Å²) in [5, 5.41) is 4.20. The van der Waals surface area contributed by atoms with E-state index in [9.17, 15) is 0 Å². The van der Waals surface area contributed by atoms with E-state index >= 15 is 0 Å². The molecule has 0 radical (unpaired) electrons. The third-order valence-electron chi connectivity index (χ3n) is 4.01. The van der Waals surface area contributed by atoms with Crippen LogP contribution in [-0.4, -0.2) is 14.6 Å². The van der Waals surface area contributed by atoms with Gasteiger partial charge in [0.1, 0.15) is 5.65 Å². The summed E-state index contributed by atoms with van der Waals surface area (Å²) in [6, 6.07) is 1.80. The predicted octanol–water partition coefficient (Wildman–Crippen LogP) is 3.64. The highest BCUT2D eigenvalue weighted by molar-refractivity contribution is 6.13. The summed E-state index contributed by atoms with van der Waals surface area (Å²) in [6.07, 6.45) is 9.64. The monoisotopic (exact) mass is 289 g/mol. The maximum absolute atomic E-state index is 7.02. The van der Waals surface area contributed by atoms with Crippen LogP contribution >= 0.6 is 11.8 Å². The molecule has 1 fully saturated rings. The summed E-state index contributed by atoms with van der Waals surface area (Å²) in [4.78, 5) is 10.8. The van der Waals surface area contributed by atoms with E-state index in [2.05, 4.69) is 19.8 Å². The molecule has 1 aliphatic carbocycles. The number of halogens is 1. The lowest BCUT2D eigenvalue weighted by Gasteiger charge is -2.27. The van der Waals surface area contributed by atoms with Crippen molar-refractivity contribution in [3.05, 3.63) is 35.6 Å². The van der Waals surface area contributed by atoms with Crippen molar-refractivity contribution in [1.82, 2.24) is 19.4 Å². The minimum absolute atomic E-state index is 0.0510. The Bertz CT molecular complexity index is 639. The topological polar surface area (TPSA) is 46.6 Å². The molecule has 2 aromatic rings. The molecular weight excluding hydrogens is 274 g/mol. The van der Waals surface area contributed by atoms with Crippen molar-refractivity contribution < 1.29 is 0 Å². The molecule has 104 valence electrons. The van der Waals surface area contributed by atoms with Gasteiger partial charge in [0.2, 0.25) is 5.69 Å². The van der Waals surface area contributed by atoms with Gasteiger partial charge in [-0.3, -0.25) is 0 Å². The SMILES string of the molecule is [C-]#[N+]c1cnn2cc([C@@H](NCl)C3CCCCC3)nc2c1. The first-order chi connectivity index (χ1) is 9.81. The van der Waals surface area contributed by atoms with Gasteiger partial charge in [-0.05, 0) is 36.6 Å². The molecule has 2 heterocycles. The molecule has 0 bridgehead atoms. The highest BCUT2D eigenvalue weighted by Crippen LogP contribution is 2.34. The largest absolute Gasteiger partial charge is 0.236 e. The fourth-order valence-electron chi connectivity index (χ4n) is 2.95. The number of fused-ring (bicyclic) bond motifs is 1. The van der Waals surface area contributed by atoms with Gasteiger partial charge in [-0.1, -0.05) is 19.3 Å². The van der Waals surface area contributed by atoms with E-state index in [0.29, 0.717) is 17.3 Å². The second kappa shape index (κ2) is 5.78. The molecule has 0 amide bonds. The van der Waals surface area contributed by atoms with Crippen molar-refractivity contribution in [2.75, 3.05) is 0 Å². The Morgan fingerprint density at radius 3 is 2.90 bits per heavy atom. The molecule has 3 rings (SSSR count). The van der Waals surface area contributed by atoms with Crippen molar-refractivity contribution in [1.29, 1.82) is 0 Å². The van der Waals surface area contributed by atoms with Crippen molar-refractivity contribution in [2.45, 2.75) is 38.1 Å². The van der Waals surface area contributed by atoms with Gasteiger partial charge in [-0.25, -0.2) is 19.2 Å². The van der Waals surface area contributed by atoms with Gasteiger partial charge in [0, 0.05) is 0 Å². The van der Waals surface area contributed by atoms with E-state index in [0.717, 1.165) is 5.69 Å². The molecule has 0 aromatic carbocycles. The lowest BCUT2D eigenvalue weighted by Crippen LogP contribution is -2.24. The summed E-state index contributed by atoms with van der Waals surface area (Å²) in [5.74, 6) is 0.520. The van der Waals surface area contributed by atoms with E-state index in [1.807, 2.05) is 6.20 Å². The van der Waals surface area contributed by atoms with Crippen LogP contribution in [0.1, 0.15) is 43.8 Å². The lowest BCUT2D eigenvalue weighted by atomic mass is 9.83. The van der Waals surface area contributed by atoms with Gasteiger partial charge in [0.15, 0.2) is 0 Å². The number of aromatic nitrogens is 3. The van der Waals surface area contributed by atoms with Gasteiger partial charge in [0.25, 0.3) is 0 Å². The van der Waals surface area contributed by atoms with E-state index in [1.165, 1.54) is 32.1 Å².